The maximum atomic E-state index is 3.62. The normalized spacial score (nSPS) is 34.1. The van der Waals surface area contributed by atoms with Crippen LogP contribution in [-0.4, -0.2) is 36.6 Å². The number of rotatable bonds is 3. The average molecular weight is 224 g/mol. The van der Waals surface area contributed by atoms with Gasteiger partial charge in [0, 0.05) is 18.6 Å². The minimum atomic E-state index is 0.744. The van der Waals surface area contributed by atoms with Crippen molar-refractivity contribution in [2.45, 2.75) is 64.5 Å². The molecule has 2 aliphatic rings. The molecule has 0 aliphatic carbocycles. The Bertz CT molecular complexity index is 189. The standard InChI is InChI=1S/C14H28N2/c1-3-4-13-7-9-16(10-8-13)14-6-5-12(2)15-11-14/h12-15H,3-11H2,1-2H3. The molecule has 16 heavy (non-hydrogen) atoms. The molecule has 0 amide bonds. The monoisotopic (exact) mass is 224 g/mol. The van der Waals surface area contributed by atoms with Crippen molar-refractivity contribution in [1.29, 1.82) is 0 Å². The van der Waals surface area contributed by atoms with E-state index in [4.69, 9.17) is 0 Å². The van der Waals surface area contributed by atoms with Gasteiger partial charge in [0.1, 0.15) is 0 Å². The first kappa shape index (κ1) is 12.4. The summed E-state index contributed by atoms with van der Waals surface area (Å²) < 4.78 is 0. The molecule has 2 saturated heterocycles. The molecule has 0 spiro atoms. The lowest BCUT2D eigenvalue weighted by molar-refractivity contribution is 0.104. The Morgan fingerprint density at radius 3 is 2.44 bits per heavy atom. The molecule has 0 radical (unpaired) electrons. The smallest absolute Gasteiger partial charge is 0.0221 e. The van der Waals surface area contributed by atoms with Crippen molar-refractivity contribution < 1.29 is 0 Å². The van der Waals surface area contributed by atoms with Crippen LogP contribution in [0.25, 0.3) is 0 Å². The average Bonchev–Trinajstić information content (AvgIpc) is 2.32. The van der Waals surface area contributed by atoms with E-state index in [0.29, 0.717) is 0 Å². The highest BCUT2D eigenvalue weighted by molar-refractivity contribution is 4.84. The van der Waals surface area contributed by atoms with Gasteiger partial charge in [-0.05, 0) is 51.6 Å². The zero-order valence-electron chi connectivity index (χ0n) is 11.0. The van der Waals surface area contributed by atoms with Crippen LogP contribution < -0.4 is 5.32 Å². The molecule has 0 bridgehead atoms. The Kier molecular flexibility index (Phi) is 4.66. The van der Waals surface area contributed by atoms with Crippen molar-refractivity contribution in [3.8, 4) is 0 Å². The Morgan fingerprint density at radius 2 is 1.88 bits per heavy atom. The van der Waals surface area contributed by atoms with Gasteiger partial charge in [-0.2, -0.15) is 0 Å². The predicted octanol–water partition coefficient (Wildman–Crippen LogP) is 2.64. The highest BCUT2D eigenvalue weighted by atomic mass is 15.2. The molecule has 2 heteroatoms. The van der Waals surface area contributed by atoms with Crippen LogP contribution in [0.4, 0.5) is 0 Å². The van der Waals surface area contributed by atoms with Gasteiger partial charge in [-0.25, -0.2) is 0 Å². The number of piperidine rings is 2. The maximum Gasteiger partial charge on any atom is 0.0221 e. The zero-order valence-corrected chi connectivity index (χ0v) is 11.0. The third-order valence-corrected chi connectivity index (χ3v) is 4.50. The van der Waals surface area contributed by atoms with E-state index in [1.165, 1.54) is 58.2 Å². The fourth-order valence-electron chi connectivity index (χ4n) is 3.31. The molecule has 2 heterocycles. The molecule has 0 saturated carbocycles. The van der Waals surface area contributed by atoms with Crippen molar-refractivity contribution in [2.24, 2.45) is 5.92 Å². The van der Waals surface area contributed by atoms with Gasteiger partial charge in [0.15, 0.2) is 0 Å². The predicted molar refractivity (Wildman–Crippen MR) is 69.7 cm³/mol. The summed E-state index contributed by atoms with van der Waals surface area (Å²) in [6.07, 6.45) is 8.48. The Labute approximate surface area is 101 Å². The number of nitrogens with one attached hydrogen (secondary N) is 1. The molecule has 2 rings (SSSR count). The van der Waals surface area contributed by atoms with Crippen LogP contribution in [0.5, 0.6) is 0 Å². The highest BCUT2D eigenvalue weighted by Gasteiger charge is 2.27. The van der Waals surface area contributed by atoms with Gasteiger partial charge in [-0.15, -0.1) is 0 Å². The topological polar surface area (TPSA) is 15.3 Å². The highest BCUT2D eigenvalue weighted by Crippen LogP contribution is 2.25. The van der Waals surface area contributed by atoms with Crippen molar-refractivity contribution in [1.82, 2.24) is 10.2 Å². The van der Waals surface area contributed by atoms with Crippen LogP contribution in [0.1, 0.15) is 52.4 Å². The quantitative estimate of drug-likeness (QED) is 0.793. The summed E-state index contributed by atoms with van der Waals surface area (Å²) in [7, 11) is 0. The van der Waals surface area contributed by atoms with E-state index < -0.39 is 0 Å². The van der Waals surface area contributed by atoms with Crippen LogP contribution in [-0.2, 0) is 0 Å². The van der Waals surface area contributed by atoms with Crippen LogP contribution in [0, 0.1) is 5.92 Å². The SMILES string of the molecule is CCCC1CCN(C2CCC(C)NC2)CC1. The summed E-state index contributed by atoms with van der Waals surface area (Å²) in [4.78, 5) is 2.74. The molecule has 2 nitrogen and oxygen atoms in total. The minimum absolute atomic E-state index is 0.744. The largest absolute Gasteiger partial charge is 0.313 e. The first-order valence-electron chi connectivity index (χ1n) is 7.27. The van der Waals surface area contributed by atoms with Crippen LogP contribution in [0.15, 0.2) is 0 Å². The molecule has 2 unspecified atom stereocenters. The molecule has 2 atom stereocenters. The van der Waals surface area contributed by atoms with Crippen molar-refractivity contribution >= 4 is 0 Å². The summed E-state index contributed by atoms with van der Waals surface area (Å²) in [6.45, 7) is 8.55. The van der Waals surface area contributed by atoms with Crippen molar-refractivity contribution in [3.63, 3.8) is 0 Å². The van der Waals surface area contributed by atoms with E-state index in [0.717, 1.165) is 18.0 Å². The molecule has 0 aromatic rings. The second-order valence-electron chi connectivity index (χ2n) is 5.81. The van der Waals surface area contributed by atoms with E-state index in [9.17, 15) is 0 Å². The van der Waals surface area contributed by atoms with Gasteiger partial charge in [-0.1, -0.05) is 19.8 Å². The molecule has 1 N–H and O–H groups in total. The van der Waals surface area contributed by atoms with Gasteiger partial charge in [0.25, 0.3) is 0 Å². The minimum Gasteiger partial charge on any atom is -0.313 e. The van der Waals surface area contributed by atoms with Gasteiger partial charge in [0.05, 0.1) is 0 Å². The van der Waals surface area contributed by atoms with Gasteiger partial charge in [0.2, 0.25) is 0 Å². The summed E-state index contributed by atoms with van der Waals surface area (Å²) in [5.74, 6) is 1.02. The molecule has 2 aliphatic heterocycles. The van der Waals surface area contributed by atoms with Crippen molar-refractivity contribution in [3.05, 3.63) is 0 Å². The number of likely N-dealkylation sites (tertiary alicyclic amines) is 1. The zero-order chi connectivity index (χ0) is 11.4. The molecular formula is C14H28N2. The lowest BCUT2D eigenvalue weighted by Crippen LogP contribution is -2.51. The number of nitrogens with zero attached hydrogens (tertiary/aromatic N) is 1. The van der Waals surface area contributed by atoms with E-state index in [1.54, 1.807) is 0 Å². The first-order valence-corrected chi connectivity index (χ1v) is 7.27. The summed E-state index contributed by atoms with van der Waals surface area (Å²) >= 11 is 0. The van der Waals surface area contributed by atoms with E-state index in [2.05, 4.69) is 24.1 Å². The van der Waals surface area contributed by atoms with E-state index in [1.807, 2.05) is 0 Å². The fraction of sp³-hybridized carbons (Fsp3) is 1.00. The first-order chi connectivity index (χ1) is 7.79. The summed E-state index contributed by atoms with van der Waals surface area (Å²) in [5, 5.41) is 3.62. The number of hydrogen-bond acceptors (Lipinski definition) is 2. The second kappa shape index (κ2) is 6.02. The van der Waals surface area contributed by atoms with Crippen LogP contribution in [0.3, 0.4) is 0 Å². The Hall–Kier alpha value is -0.0800. The fourth-order valence-corrected chi connectivity index (χ4v) is 3.31. The molecular weight excluding hydrogens is 196 g/mol. The number of hydrogen-bond donors (Lipinski definition) is 1. The molecule has 0 aromatic carbocycles. The van der Waals surface area contributed by atoms with E-state index >= 15 is 0 Å². The molecule has 2 fully saturated rings. The van der Waals surface area contributed by atoms with Gasteiger partial charge < -0.3 is 5.32 Å². The van der Waals surface area contributed by atoms with E-state index in [-0.39, 0.29) is 0 Å². The van der Waals surface area contributed by atoms with Gasteiger partial charge in [-0.3, -0.25) is 4.90 Å². The van der Waals surface area contributed by atoms with Crippen LogP contribution >= 0.6 is 0 Å². The van der Waals surface area contributed by atoms with Gasteiger partial charge >= 0.3 is 0 Å². The molecule has 0 aromatic heterocycles. The Balaban J connectivity index is 1.72. The maximum absolute atomic E-state index is 3.62. The lowest BCUT2D eigenvalue weighted by atomic mass is 9.90. The Morgan fingerprint density at radius 1 is 1.12 bits per heavy atom. The van der Waals surface area contributed by atoms with Crippen LogP contribution in [0.2, 0.25) is 0 Å². The second-order valence-corrected chi connectivity index (χ2v) is 5.81. The summed E-state index contributed by atoms with van der Waals surface area (Å²) in [6, 6.07) is 1.58. The molecule has 94 valence electrons. The third-order valence-electron chi connectivity index (χ3n) is 4.50. The summed E-state index contributed by atoms with van der Waals surface area (Å²) in [5.41, 5.74) is 0. The van der Waals surface area contributed by atoms with Crippen molar-refractivity contribution in [2.75, 3.05) is 19.6 Å². The third kappa shape index (κ3) is 3.21. The lowest BCUT2D eigenvalue weighted by Gasteiger charge is -2.40.